The molecule has 0 amide bonds. The minimum atomic E-state index is -0.132. The standard InChI is InChI=1S/C26H29N3O4/c1-17(27)26(18(2)30)22-13-20-6-7-25(31)29(15-21-5-3-4-10-28-21)23(20)14-24(22)33-16-19-8-11-32-12-9-19/h3-7,10,13-14,19H,8-9,11-12,15-16,27H2,1-2H3. The topological polar surface area (TPSA) is 96.4 Å². The third kappa shape index (κ3) is 5.14. The van der Waals surface area contributed by atoms with Crippen LogP contribution in [0.15, 0.2) is 59.2 Å². The number of allylic oxidation sites excluding steroid dienone is 2. The second-order valence-corrected chi connectivity index (χ2v) is 8.47. The van der Waals surface area contributed by atoms with E-state index in [9.17, 15) is 9.59 Å². The van der Waals surface area contributed by atoms with E-state index in [1.54, 1.807) is 23.8 Å². The first-order valence-corrected chi connectivity index (χ1v) is 11.2. The number of carbonyl (C=O) groups is 1. The van der Waals surface area contributed by atoms with Crippen LogP contribution in [0.3, 0.4) is 0 Å². The Morgan fingerprint density at radius 3 is 2.64 bits per heavy atom. The van der Waals surface area contributed by atoms with Crippen molar-refractivity contribution in [2.24, 2.45) is 11.7 Å². The van der Waals surface area contributed by atoms with Crippen molar-refractivity contribution in [2.75, 3.05) is 19.8 Å². The highest BCUT2D eigenvalue weighted by molar-refractivity contribution is 6.21. The summed E-state index contributed by atoms with van der Waals surface area (Å²) in [7, 11) is 0. The summed E-state index contributed by atoms with van der Waals surface area (Å²) >= 11 is 0. The summed E-state index contributed by atoms with van der Waals surface area (Å²) in [6.45, 7) is 5.51. The van der Waals surface area contributed by atoms with Crippen LogP contribution >= 0.6 is 0 Å². The average molecular weight is 448 g/mol. The number of fused-ring (bicyclic) bond motifs is 1. The number of nitrogens with zero attached hydrogens (tertiary/aromatic N) is 2. The molecule has 7 nitrogen and oxygen atoms in total. The van der Waals surface area contributed by atoms with E-state index in [1.165, 1.54) is 13.0 Å². The second kappa shape index (κ2) is 10.0. The Kier molecular flexibility index (Phi) is 6.89. The molecule has 3 heterocycles. The van der Waals surface area contributed by atoms with Gasteiger partial charge in [-0.1, -0.05) is 6.07 Å². The molecule has 4 rings (SSSR count). The van der Waals surface area contributed by atoms with Crippen LogP contribution in [0.25, 0.3) is 16.5 Å². The van der Waals surface area contributed by atoms with Gasteiger partial charge in [-0.3, -0.25) is 14.6 Å². The van der Waals surface area contributed by atoms with E-state index in [1.807, 2.05) is 30.3 Å². The maximum Gasteiger partial charge on any atom is 0.251 e. The number of nitrogens with two attached hydrogens (primary N) is 1. The highest BCUT2D eigenvalue weighted by atomic mass is 16.5. The normalized spacial score (nSPS) is 15.3. The molecule has 0 spiro atoms. The van der Waals surface area contributed by atoms with Crippen molar-refractivity contribution in [3.05, 3.63) is 76.0 Å². The zero-order chi connectivity index (χ0) is 23.4. The van der Waals surface area contributed by atoms with E-state index in [-0.39, 0.29) is 11.3 Å². The molecule has 33 heavy (non-hydrogen) atoms. The van der Waals surface area contributed by atoms with Gasteiger partial charge in [0.05, 0.1) is 24.4 Å². The Hall–Kier alpha value is -3.45. The van der Waals surface area contributed by atoms with Crippen LogP contribution < -0.4 is 16.0 Å². The summed E-state index contributed by atoms with van der Waals surface area (Å²) in [5.74, 6) is 0.786. The lowest BCUT2D eigenvalue weighted by atomic mass is 9.97. The summed E-state index contributed by atoms with van der Waals surface area (Å²) in [5, 5.41) is 0.818. The molecular formula is C26H29N3O4. The van der Waals surface area contributed by atoms with Gasteiger partial charge in [0.15, 0.2) is 5.78 Å². The van der Waals surface area contributed by atoms with Gasteiger partial charge >= 0.3 is 0 Å². The van der Waals surface area contributed by atoms with E-state index in [0.717, 1.165) is 42.7 Å². The summed E-state index contributed by atoms with van der Waals surface area (Å²) < 4.78 is 13.4. The summed E-state index contributed by atoms with van der Waals surface area (Å²) in [5.41, 5.74) is 8.98. The minimum absolute atomic E-state index is 0.131. The van der Waals surface area contributed by atoms with Crippen molar-refractivity contribution in [1.82, 2.24) is 9.55 Å². The lowest BCUT2D eigenvalue weighted by molar-refractivity contribution is -0.111. The predicted octanol–water partition coefficient (Wildman–Crippen LogP) is 3.53. The van der Waals surface area contributed by atoms with Crippen LogP contribution in [-0.2, 0) is 16.1 Å². The first-order chi connectivity index (χ1) is 15.9. The van der Waals surface area contributed by atoms with Gasteiger partial charge in [-0.2, -0.15) is 0 Å². The fourth-order valence-electron chi connectivity index (χ4n) is 4.25. The molecule has 0 atom stereocenters. The number of carbonyl (C=O) groups excluding carboxylic acids is 1. The molecule has 2 aromatic heterocycles. The Bertz CT molecular complexity index is 1240. The van der Waals surface area contributed by atoms with Gasteiger partial charge in [0.1, 0.15) is 5.75 Å². The Balaban J connectivity index is 1.83. The summed E-state index contributed by atoms with van der Waals surface area (Å²) in [6, 6.07) is 12.7. The van der Waals surface area contributed by atoms with Crippen LogP contribution in [0.2, 0.25) is 0 Å². The van der Waals surface area contributed by atoms with E-state index in [2.05, 4.69) is 4.98 Å². The van der Waals surface area contributed by atoms with Crippen molar-refractivity contribution < 1.29 is 14.3 Å². The molecule has 1 fully saturated rings. The third-order valence-electron chi connectivity index (χ3n) is 5.97. The highest BCUT2D eigenvalue weighted by Gasteiger charge is 2.20. The Morgan fingerprint density at radius 1 is 1.18 bits per heavy atom. The zero-order valence-electron chi connectivity index (χ0n) is 19.0. The van der Waals surface area contributed by atoms with Crippen LogP contribution in [0, 0.1) is 5.92 Å². The van der Waals surface area contributed by atoms with E-state index >= 15 is 0 Å². The lowest BCUT2D eigenvalue weighted by Gasteiger charge is -2.23. The molecule has 0 radical (unpaired) electrons. The largest absolute Gasteiger partial charge is 0.493 e. The molecule has 0 unspecified atom stereocenters. The fourth-order valence-corrected chi connectivity index (χ4v) is 4.25. The molecule has 7 heteroatoms. The molecule has 2 N–H and O–H groups in total. The smallest absolute Gasteiger partial charge is 0.251 e. The monoisotopic (exact) mass is 447 g/mol. The zero-order valence-corrected chi connectivity index (χ0v) is 19.0. The van der Waals surface area contributed by atoms with Crippen molar-refractivity contribution in [3.8, 4) is 5.75 Å². The minimum Gasteiger partial charge on any atom is -0.493 e. The maximum atomic E-state index is 12.8. The van der Waals surface area contributed by atoms with E-state index in [0.29, 0.717) is 41.7 Å². The third-order valence-corrected chi connectivity index (χ3v) is 5.97. The van der Waals surface area contributed by atoms with Crippen LogP contribution in [0.4, 0.5) is 0 Å². The molecule has 0 aliphatic carbocycles. The van der Waals surface area contributed by atoms with Crippen molar-refractivity contribution >= 4 is 22.3 Å². The summed E-state index contributed by atoms with van der Waals surface area (Å²) in [4.78, 5) is 29.6. The number of rotatable bonds is 7. The number of ketones is 1. The Morgan fingerprint density at radius 2 is 1.97 bits per heavy atom. The first-order valence-electron chi connectivity index (χ1n) is 11.2. The SMILES string of the molecule is CC(=O)C(=C(C)N)c1cc2ccc(=O)n(Cc3ccccn3)c2cc1OCC1CCOCC1. The number of benzene rings is 1. The van der Waals surface area contributed by atoms with E-state index < -0.39 is 0 Å². The van der Waals surface area contributed by atoms with Crippen molar-refractivity contribution in [3.63, 3.8) is 0 Å². The maximum absolute atomic E-state index is 12.8. The molecule has 1 aromatic carbocycles. The Labute approximate surface area is 192 Å². The van der Waals surface area contributed by atoms with Crippen LogP contribution in [0.5, 0.6) is 5.75 Å². The molecule has 0 bridgehead atoms. The van der Waals surface area contributed by atoms with Crippen LogP contribution in [-0.4, -0.2) is 35.2 Å². The van der Waals surface area contributed by atoms with Gasteiger partial charge in [0.25, 0.3) is 5.56 Å². The van der Waals surface area contributed by atoms with Gasteiger partial charge in [0.2, 0.25) is 0 Å². The first kappa shape index (κ1) is 22.7. The van der Waals surface area contributed by atoms with Gasteiger partial charge < -0.3 is 19.8 Å². The predicted molar refractivity (Wildman–Crippen MR) is 128 cm³/mol. The van der Waals surface area contributed by atoms with Crippen molar-refractivity contribution in [1.29, 1.82) is 0 Å². The lowest BCUT2D eigenvalue weighted by Crippen LogP contribution is -2.22. The van der Waals surface area contributed by atoms with Gasteiger partial charge in [-0.05, 0) is 62.3 Å². The number of Topliss-reactive ketones (excluding diaryl/α,β-unsaturated/α-hetero) is 1. The fraction of sp³-hybridized carbons (Fsp3) is 0.346. The van der Waals surface area contributed by atoms with Crippen LogP contribution in [0.1, 0.15) is 37.9 Å². The molecule has 172 valence electrons. The van der Waals surface area contributed by atoms with Crippen molar-refractivity contribution in [2.45, 2.75) is 33.2 Å². The summed E-state index contributed by atoms with van der Waals surface area (Å²) in [6.07, 6.45) is 3.57. The average Bonchev–Trinajstić information content (AvgIpc) is 2.81. The number of hydrogen-bond acceptors (Lipinski definition) is 6. The molecule has 0 saturated carbocycles. The van der Waals surface area contributed by atoms with Gasteiger partial charge in [-0.25, -0.2) is 0 Å². The quantitative estimate of drug-likeness (QED) is 0.557. The number of ether oxygens (including phenoxy) is 2. The van der Waals surface area contributed by atoms with Gasteiger partial charge in [0, 0.05) is 48.4 Å². The molecule has 3 aromatic rings. The van der Waals surface area contributed by atoms with E-state index in [4.69, 9.17) is 15.2 Å². The number of pyridine rings is 2. The molecule has 1 aliphatic heterocycles. The number of hydrogen-bond donors (Lipinski definition) is 1. The number of aromatic nitrogens is 2. The molecule has 1 aliphatic rings. The van der Waals surface area contributed by atoms with Gasteiger partial charge in [-0.15, -0.1) is 0 Å². The molecular weight excluding hydrogens is 418 g/mol. The molecule has 1 saturated heterocycles. The highest BCUT2D eigenvalue weighted by Crippen LogP contribution is 2.33. The second-order valence-electron chi connectivity index (χ2n) is 8.47.